The minimum absolute atomic E-state index is 0.00539. The second-order valence-electron chi connectivity index (χ2n) is 12.5. The van der Waals surface area contributed by atoms with Crippen molar-refractivity contribution in [1.29, 1.82) is 0 Å². The Kier molecular flexibility index (Phi) is 12.9. The van der Waals surface area contributed by atoms with Crippen LogP contribution in [0.15, 0.2) is 72.8 Å². The lowest BCUT2D eigenvalue weighted by molar-refractivity contribution is -0.253. The van der Waals surface area contributed by atoms with Gasteiger partial charge in [0.25, 0.3) is 0 Å². The monoisotopic (exact) mass is 645 g/mol. The van der Waals surface area contributed by atoms with E-state index < -0.39 is 12.2 Å². The van der Waals surface area contributed by atoms with Crippen LogP contribution in [0.1, 0.15) is 86.0 Å². The van der Waals surface area contributed by atoms with E-state index in [0.717, 1.165) is 65.7 Å². The van der Waals surface area contributed by atoms with Gasteiger partial charge in [0.2, 0.25) is 11.8 Å². The zero-order valence-corrected chi connectivity index (χ0v) is 26.9. The molecule has 5 N–H and O–H groups in total. The number of aliphatic hydroxyl groups is 2. The van der Waals surface area contributed by atoms with E-state index in [-0.39, 0.29) is 43.8 Å². The van der Waals surface area contributed by atoms with Crippen molar-refractivity contribution in [1.82, 2.24) is 15.7 Å². The van der Waals surface area contributed by atoms with Gasteiger partial charge < -0.3 is 25.0 Å². The molecule has 0 aromatic heterocycles. The molecule has 2 heterocycles. The average Bonchev–Trinajstić information content (AvgIpc) is 3.57. The first-order valence-electron chi connectivity index (χ1n) is 16.7. The number of rotatable bonds is 15. The largest absolute Gasteiger partial charge is 0.395 e. The fourth-order valence-electron chi connectivity index (χ4n) is 6.50. The molecular formula is C37H47N3O7. The first-order chi connectivity index (χ1) is 23.0. The van der Waals surface area contributed by atoms with E-state index >= 15 is 0 Å². The lowest BCUT2D eigenvalue weighted by atomic mass is 9.97. The number of ether oxygens (including phenoxy) is 2. The second-order valence-corrected chi connectivity index (χ2v) is 12.5. The third-order valence-corrected chi connectivity index (χ3v) is 9.18. The van der Waals surface area contributed by atoms with Crippen molar-refractivity contribution in [2.75, 3.05) is 19.7 Å². The molecule has 10 nitrogen and oxygen atoms in total. The van der Waals surface area contributed by atoms with E-state index in [0.29, 0.717) is 32.2 Å². The Morgan fingerprint density at radius 2 is 1.57 bits per heavy atom. The molecule has 2 aliphatic heterocycles. The van der Waals surface area contributed by atoms with Gasteiger partial charge in [0, 0.05) is 44.0 Å². The molecule has 4 unspecified atom stereocenters. The van der Waals surface area contributed by atoms with Crippen LogP contribution in [0.25, 0.3) is 11.1 Å². The summed E-state index contributed by atoms with van der Waals surface area (Å²) in [6, 6.07) is 24.2. The van der Waals surface area contributed by atoms with Crippen molar-refractivity contribution < 1.29 is 34.5 Å². The number of carbonyl (C=O) groups is 2. The Bertz CT molecular complexity index is 1430. The van der Waals surface area contributed by atoms with Gasteiger partial charge in [-0.3, -0.25) is 19.7 Å². The van der Waals surface area contributed by atoms with Gasteiger partial charge in [0.15, 0.2) is 6.29 Å². The fraction of sp³-hybridized carbons (Fsp3) is 0.459. The molecule has 0 radical (unpaired) electrons. The Morgan fingerprint density at radius 3 is 2.30 bits per heavy atom. The van der Waals surface area contributed by atoms with Gasteiger partial charge >= 0.3 is 0 Å². The first kappa shape index (κ1) is 34.7. The molecule has 0 spiro atoms. The van der Waals surface area contributed by atoms with Crippen LogP contribution in [-0.2, 0) is 32.2 Å². The van der Waals surface area contributed by atoms with Gasteiger partial charge in [0.1, 0.15) is 0 Å². The zero-order valence-electron chi connectivity index (χ0n) is 26.9. The highest BCUT2D eigenvalue weighted by atomic mass is 16.7. The molecule has 2 aliphatic rings. The Hall–Kier alpha value is -3.64. The SMILES string of the molecule is O=C(CCCCCC(=O)NCc1ccccc1-c1ccc(C2OC(CN3CCCC3CO)CC(c3ccc(CO)cc3)O2)cc1)NO. The number of benzene rings is 3. The molecule has 2 fully saturated rings. The van der Waals surface area contributed by atoms with Crippen LogP contribution in [0.2, 0.25) is 0 Å². The van der Waals surface area contributed by atoms with Crippen molar-refractivity contribution >= 4 is 11.8 Å². The summed E-state index contributed by atoms with van der Waals surface area (Å²) in [5.74, 6) is -0.450. The average molecular weight is 646 g/mol. The number of nitrogens with one attached hydrogen (secondary N) is 2. The van der Waals surface area contributed by atoms with Gasteiger partial charge in [-0.25, -0.2) is 5.48 Å². The zero-order chi connectivity index (χ0) is 33.0. The molecule has 5 rings (SSSR count). The Labute approximate surface area is 276 Å². The number of hydrogen-bond acceptors (Lipinski definition) is 8. The lowest BCUT2D eigenvalue weighted by Gasteiger charge is -2.38. The number of nitrogens with zero attached hydrogens (tertiary/aromatic N) is 1. The maximum Gasteiger partial charge on any atom is 0.243 e. The number of likely N-dealkylation sites (tertiary alicyclic amines) is 1. The maximum atomic E-state index is 12.5. The van der Waals surface area contributed by atoms with Crippen LogP contribution in [0.3, 0.4) is 0 Å². The molecule has 47 heavy (non-hydrogen) atoms. The van der Waals surface area contributed by atoms with Crippen LogP contribution in [-0.4, -0.2) is 64.0 Å². The predicted octanol–water partition coefficient (Wildman–Crippen LogP) is 4.92. The molecule has 0 saturated carbocycles. The molecule has 0 aliphatic carbocycles. The van der Waals surface area contributed by atoms with Crippen molar-refractivity contribution in [3.05, 3.63) is 95.1 Å². The van der Waals surface area contributed by atoms with Crippen molar-refractivity contribution in [3.63, 3.8) is 0 Å². The van der Waals surface area contributed by atoms with Crippen molar-refractivity contribution in [3.8, 4) is 11.1 Å². The predicted molar refractivity (Wildman–Crippen MR) is 177 cm³/mol. The van der Waals surface area contributed by atoms with Crippen LogP contribution in [0, 0.1) is 0 Å². The minimum atomic E-state index is -0.562. The highest BCUT2D eigenvalue weighted by Gasteiger charge is 2.35. The van der Waals surface area contributed by atoms with Crippen molar-refractivity contribution in [2.45, 2.75) is 89.1 Å². The van der Waals surface area contributed by atoms with E-state index in [9.17, 15) is 19.8 Å². The lowest BCUT2D eigenvalue weighted by Crippen LogP contribution is -2.42. The quantitative estimate of drug-likeness (QED) is 0.0892. The summed E-state index contributed by atoms with van der Waals surface area (Å²) >= 11 is 0. The Balaban J connectivity index is 1.24. The third-order valence-electron chi connectivity index (χ3n) is 9.18. The van der Waals surface area contributed by atoms with E-state index in [1.54, 1.807) is 5.48 Å². The van der Waals surface area contributed by atoms with E-state index in [4.69, 9.17) is 14.7 Å². The maximum absolute atomic E-state index is 12.5. The summed E-state index contributed by atoms with van der Waals surface area (Å²) in [4.78, 5) is 25.9. The number of aliphatic hydroxyl groups excluding tert-OH is 2. The number of hydrogen-bond donors (Lipinski definition) is 5. The normalized spacial score (nSPS) is 21.4. The van der Waals surface area contributed by atoms with Gasteiger partial charge in [0.05, 0.1) is 25.4 Å². The van der Waals surface area contributed by atoms with Crippen LogP contribution >= 0.6 is 0 Å². The van der Waals surface area contributed by atoms with Gasteiger partial charge in [-0.1, -0.05) is 79.2 Å². The van der Waals surface area contributed by atoms with Gasteiger partial charge in [-0.15, -0.1) is 0 Å². The number of unbranched alkanes of at least 4 members (excludes halogenated alkanes) is 2. The molecule has 0 bridgehead atoms. The second kappa shape index (κ2) is 17.5. The summed E-state index contributed by atoms with van der Waals surface area (Å²) in [5.41, 5.74) is 7.50. The summed E-state index contributed by atoms with van der Waals surface area (Å²) in [7, 11) is 0. The van der Waals surface area contributed by atoms with E-state index in [2.05, 4.69) is 22.3 Å². The molecule has 4 atom stereocenters. The summed E-state index contributed by atoms with van der Waals surface area (Å²) in [6.07, 6.45) is 4.61. The molecule has 3 aromatic rings. The van der Waals surface area contributed by atoms with E-state index in [1.807, 2.05) is 60.7 Å². The van der Waals surface area contributed by atoms with Crippen LogP contribution in [0.4, 0.5) is 0 Å². The molecule has 2 saturated heterocycles. The minimum Gasteiger partial charge on any atom is -0.395 e. The molecule has 3 aromatic carbocycles. The molecule has 252 valence electrons. The highest BCUT2D eigenvalue weighted by Crippen LogP contribution is 2.39. The number of carbonyl (C=O) groups excluding carboxylic acids is 2. The number of amides is 2. The van der Waals surface area contributed by atoms with Crippen LogP contribution in [0.5, 0.6) is 0 Å². The Morgan fingerprint density at radius 1 is 0.851 bits per heavy atom. The fourth-order valence-corrected chi connectivity index (χ4v) is 6.50. The molecular weight excluding hydrogens is 598 g/mol. The van der Waals surface area contributed by atoms with Gasteiger partial charge in [-0.2, -0.15) is 0 Å². The summed E-state index contributed by atoms with van der Waals surface area (Å²) < 4.78 is 13.1. The van der Waals surface area contributed by atoms with Crippen molar-refractivity contribution in [2.24, 2.45) is 0 Å². The number of hydroxylamine groups is 1. The topological polar surface area (TPSA) is 141 Å². The first-order valence-corrected chi connectivity index (χ1v) is 16.7. The molecule has 10 heteroatoms. The van der Waals surface area contributed by atoms with E-state index in [1.165, 1.54) is 0 Å². The third kappa shape index (κ3) is 9.70. The smallest absolute Gasteiger partial charge is 0.243 e. The standard InChI is InChI=1S/C37H47N3O7/c41-24-26-12-14-28(15-13-26)34-21-32(23-40-20-6-8-31(40)25-42)46-37(47-34)29-18-16-27(17-19-29)33-9-5-4-7-30(33)22-38-35(43)10-2-1-3-11-36(44)39-45/h4-5,7,9,12-19,31-32,34,37,41-42,45H,1-3,6,8,10-11,20-25H2,(H,38,43)(H,39,44). The summed E-state index contributed by atoms with van der Waals surface area (Å²) in [6.45, 7) is 2.23. The van der Waals surface area contributed by atoms with Gasteiger partial charge in [-0.05, 0) is 60.0 Å². The highest BCUT2D eigenvalue weighted by molar-refractivity contribution is 5.76. The molecule has 2 amide bonds. The van der Waals surface area contributed by atoms with Crippen LogP contribution < -0.4 is 10.8 Å². The summed E-state index contributed by atoms with van der Waals surface area (Å²) in [5, 5.41) is 31.0.